The van der Waals surface area contributed by atoms with Crippen LogP contribution in [0.1, 0.15) is 10.4 Å². The fraction of sp³-hybridized carbons (Fsp3) is 0.300. The van der Waals surface area contributed by atoms with E-state index in [0.29, 0.717) is 10.6 Å². The van der Waals surface area contributed by atoms with Crippen molar-refractivity contribution in [1.29, 1.82) is 0 Å². The number of hydrogen-bond acceptors (Lipinski definition) is 3. The average Bonchev–Trinajstić information content (AvgIpc) is 2.15. The molecular formula is C10H9ClN2O3. The molecule has 0 radical (unpaired) electrons. The molecule has 16 heavy (non-hydrogen) atoms. The topological polar surface area (TPSA) is 70.5 Å². The summed E-state index contributed by atoms with van der Waals surface area (Å²) >= 11 is 5.84. The molecule has 2 rings (SSSR count). The molecule has 1 aromatic rings. The normalized spacial score (nSPS) is 15.7. The van der Waals surface area contributed by atoms with E-state index in [1.54, 1.807) is 0 Å². The summed E-state index contributed by atoms with van der Waals surface area (Å²) in [7, 11) is 0. The summed E-state index contributed by atoms with van der Waals surface area (Å²) in [5.41, 5.74) is 0.313. The van der Waals surface area contributed by atoms with Gasteiger partial charge in [0.1, 0.15) is 0 Å². The highest BCUT2D eigenvalue weighted by molar-refractivity contribution is 6.33. The quantitative estimate of drug-likeness (QED) is 0.834. The highest BCUT2D eigenvalue weighted by Crippen LogP contribution is 2.22. The highest BCUT2D eigenvalue weighted by atomic mass is 35.5. The number of aliphatic carboxylic acids is 1. The van der Waals surface area contributed by atoms with Crippen LogP contribution in [-0.4, -0.2) is 40.0 Å². The Morgan fingerprint density at radius 2 is 2.19 bits per heavy atom. The second-order valence-electron chi connectivity index (χ2n) is 3.60. The molecule has 0 atom stereocenters. The van der Waals surface area contributed by atoms with Crippen LogP contribution >= 0.6 is 11.6 Å². The molecule has 0 saturated carbocycles. The van der Waals surface area contributed by atoms with E-state index in [9.17, 15) is 9.59 Å². The van der Waals surface area contributed by atoms with Crippen molar-refractivity contribution in [2.75, 3.05) is 13.1 Å². The van der Waals surface area contributed by atoms with Crippen LogP contribution in [0.15, 0.2) is 18.5 Å². The molecule has 6 heteroatoms. The van der Waals surface area contributed by atoms with Gasteiger partial charge in [-0.2, -0.15) is 0 Å². The van der Waals surface area contributed by atoms with Crippen LogP contribution in [0.4, 0.5) is 0 Å². The minimum absolute atomic E-state index is 0.236. The molecule has 5 nitrogen and oxygen atoms in total. The van der Waals surface area contributed by atoms with Crippen molar-refractivity contribution in [3.8, 4) is 0 Å². The molecular weight excluding hydrogens is 232 g/mol. The third-order valence-corrected chi connectivity index (χ3v) is 2.85. The first-order chi connectivity index (χ1) is 7.59. The van der Waals surface area contributed by atoms with E-state index in [0.717, 1.165) is 0 Å². The zero-order valence-corrected chi connectivity index (χ0v) is 9.02. The van der Waals surface area contributed by atoms with Crippen molar-refractivity contribution in [2.45, 2.75) is 0 Å². The van der Waals surface area contributed by atoms with Gasteiger partial charge in [-0.25, -0.2) is 0 Å². The maximum Gasteiger partial charge on any atom is 0.310 e. The Hall–Kier alpha value is -1.62. The van der Waals surface area contributed by atoms with Crippen molar-refractivity contribution in [1.82, 2.24) is 9.88 Å². The molecule has 1 aromatic heterocycles. The number of pyridine rings is 1. The maximum atomic E-state index is 11.8. The number of likely N-dealkylation sites (tertiary alicyclic amines) is 1. The lowest BCUT2D eigenvalue weighted by molar-refractivity contribution is -0.146. The van der Waals surface area contributed by atoms with Crippen LogP contribution < -0.4 is 0 Å². The number of carboxylic acid groups (broad SMARTS) is 1. The van der Waals surface area contributed by atoms with Gasteiger partial charge in [0, 0.05) is 25.5 Å². The number of carbonyl (C=O) groups excluding carboxylic acids is 1. The van der Waals surface area contributed by atoms with Gasteiger partial charge in [-0.15, -0.1) is 0 Å². The van der Waals surface area contributed by atoms with Gasteiger partial charge < -0.3 is 10.0 Å². The van der Waals surface area contributed by atoms with Gasteiger partial charge in [0.15, 0.2) is 0 Å². The summed E-state index contributed by atoms with van der Waals surface area (Å²) in [5.74, 6) is -1.60. The predicted molar refractivity (Wildman–Crippen MR) is 56.3 cm³/mol. The Morgan fingerprint density at radius 1 is 1.50 bits per heavy atom. The summed E-state index contributed by atoms with van der Waals surface area (Å²) in [6, 6.07) is 1.53. The smallest absolute Gasteiger partial charge is 0.310 e. The summed E-state index contributed by atoms with van der Waals surface area (Å²) in [5, 5.41) is 9.01. The average molecular weight is 241 g/mol. The number of carbonyl (C=O) groups is 2. The van der Waals surface area contributed by atoms with E-state index in [4.69, 9.17) is 16.7 Å². The molecule has 0 aliphatic carbocycles. The van der Waals surface area contributed by atoms with Crippen LogP contribution in [0, 0.1) is 5.92 Å². The fourth-order valence-corrected chi connectivity index (χ4v) is 1.69. The Labute approximate surface area is 96.7 Å². The van der Waals surface area contributed by atoms with Gasteiger partial charge in [0.25, 0.3) is 5.91 Å². The Balaban J connectivity index is 2.06. The minimum atomic E-state index is -0.874. The molecule has 0 aromatic carbocycles. The number of amides is 1. The van der Waals surface area contributed by atoms with Gasteiger partial charge in [0.2, 0.25) is 0 Å². The highest BCUT2D eigenvalue weighted by Gasteiger charge is 2.36. The van der Waals surface area contributed by atoms with Crippen LogP contribution in [0.5, 0.6) is 0 Å². The SMILES string of the molecule is O=C(O)C1CN(C(=O)c2cnccc2Cl)C1. The van der Waals surface area contributed by atoms with E-state index >= 15 is 0 Å². The molecule has 1 aliphatic rings. The fourth-order valence-electron chi connectivity index (χ4n) is 1.51. The Kier molecular flexibility index (Phi) is 2.78. The molecule has 1 aliphatic heterocycles. The molecule has 84 valence electrons. The van der Waals surface area contributed by atoms with Gasteiger partial charge >= 0.3 is 5.97 Å². The number of aromatic nitrogens is 1. The maximum absolute atomic E-state index is 11.8. The van der Waals surface area contributed by atoms with Crippen molar-refractivity contribution in [3.05, 3.63) is 29.0 Å². The van der Waals surface area contributed by atoms with E-state index in [2.05, 4.69) is 4.98 Å². The number of hydrogen-bond donors (Lipinski definition) is 1. The largest absolute Gasteiger partial charge is 0.481 e. The number of rotatable bonds is 2. The van der Waals surface area contributed by atoms with Crippen molar-refractivity contribution in [3.63, 3.8) is 0 Å². The van der Waals surface area contributed by atoms with Gasteiger partial charge in [0.05, 0.1) is 16.5 Å². The zero-order chi connectivity index (χ0) is 11.7. The first-order valence-corrected chi connectivity index (χ1v) is 5.09. The first-order valence-electron chi connectivity index (χ1n) is 4.71. The van der Waals surface area contributed by atoms with Crippen LogP contribution in [-0.2, 0) is 4.79 Å². The van der Waals surface area contributed by atoms with Gasteiger partial charge in [-0.1, -0.05) is 11.6 Å². The zero-order valence-electron chi connectivity index (χ0n) is 8.26. The Morgan fingerprint density at radius 3 is 2.75 bits per heavy atom. The lowest BCUT2D eigenvalue weighted by atomic mass is 9.99. The van der Waals surface area contributed by atoms with E-state index in [1.165, 1.54) is 23.4 Å². The molecule has 1 N–H and O–H groups in total. The molecule has 1 amide bonds. The van der Waals surface area contributed by atoms with Crippen molar-refractivity contribution < 1.29 is 14.7 Å². The van der Waals surface area contributed by atoms with E-state index in [-0.39, 0.29) is 19.0 Å². The van der Waals surface area contributed by atoms with Gasteiger partial charge in [-0.3, -0.25) is 14.6 Å². The predicted octanol–water partition coefficient (Wildman–Crippen LogP) is 0.892. The van der Waals surface area contributed by atoms with Crippen LogP contribution in [0.3, 0.4) is 0 Å². The summed E-state index contributed by atoms with van der Waals surface area (Å²) in [6.07, 6.45) is 2.88. The second kappa shape index (κ2) is 4.09. The van der Waals surface area contributed by atoms with Crippen LogP contribution in [0.2, 0.25) is 5.02 Å². The minimum Gasteiger partial charge on any atom is -0.481 e. The first kappa shape index (κ1) is 10.9. The molecule has 2 heterocycles. The molecule has 0 bridgehead atoms. The van der Waals surface area contributed by atoms with E-state index in [1.807, 2.05) is 0 Å². The molecule has 0 spiro atoms. The number of nitrogens with zero attached hydrogens (tertiary/aromatic N) is 2. The summed E-state index contributed by atoms with van der Waals surface area (Å²) < 4.78 is 0. The third-order valence-electron chi connectivity index (χ3n) is 2.52. The lowest BCUT2D eigenvalue weighted by Gasteiger charge is -2.36. The van der Waals surface area contributed by atoms with Gasteiger partial charge in [-0.05, 0) is 6.07 Å². The van der Waals surface area contributed by atoms with Crippen LogP contribution in [0.25, 0.3) is 0 Å². The third kappa shape index (κ3) is 1.86. The molecule has 1 fully saturated rings. The second-order valence-corrected chi connectivity index (χ2v) is 4.01. The molecule has 0 unspecified atom stereocenters. The Bertz CT molecular complexity index is 443. The summed E-state index contributed by atoms with van der Waals surface area (Å²) in [6.45, 7) is 0.471. The molecule has 1 saturated heterocycles. The van der Waals surface area contributed by atoms with E-state index < -0.39 is 11.9 Å². The number of carboxylic acids is 1. The summed E-state index contributed by atoms with van der Waals surface area (Å²) in [4.78, 5) is 27.7. The monoisotopic (exact) mass is 240 g/mol. The lowest BCUT2D eigenvalue weighted by Crippen LogP contribution is -2.53. The number of halogens is 1. The van der Waals surface area contributed by atoms with Crippen molar-refractivity contribution in [2.24, 2.45) is 5.92 Å². The standard InChI is InChI=1S/C10H9ClN2O3/c11-8-1-2-12-3-7(8)9(14)13-4-6(5-13)10(15)16/h1-3,6H,4-5H2,(H,15,16). The van der Waals surface area contributed by atoms with Crippen molar-refractivity contribution >= 4 is 23.5 Å².